The summed E-state index contributed by atoms with van der Waals surface area (Å²) >= 11 is 0. The summed E-state index contributed by atoms with van der Waals surface area (Å²) in [5, 5.41) is 2.47. The molecule has 126 valence electrons. The topological polar surface area (TPSA) is 64.6 Å². The molecule has 2 aromatic rings. The summed E-state index contributed by atoms with van der Waals surface area (Å²) in [6.45, 7) is 1.94. The van der Waals surface area contributed by atoms with Gasteiger partial charge in [-0.3, -0.25) is 9.59 Å². The first-order valence-electron chi connectivity index (χ1n) is 7.85. The standard InChI is InChI=1S/C19H21NO4/c1-2-15-8-10-17(11-9-15)23-14-18(21)20-12-19(22)24-13-16-6-4-3-5-7-16/h3-11H,2,12-14H2,1H3,(H,20,21). The molecule has 0 aliphatic heterocycles. The van der Waals surface area contributed by atoms with Gasteiger partial charge in [0, 0.05) is 0 Å². The second-order valence-electron chi connectivity index (χ2n) is 5.21. The third kappa shape index (κ3) is 6.12. The Morgan fingerprint density at radius 1 is 0.958 bits per heavy atom. The van der Waals surface area contributed by atoms with Crippen LogP contribution in [0.25, 0.3) is 0 Å². The lowest BCUT2D eigenvalue weighted by Gasteiger charge is -2.08. The lowest BCUT2D eigenvalue weighted by Crippen LogP contribution is -2.34. The van der Waals surface area contributed by atoms with Crippen molar-refractivity contribution in [3.05, 3.63) is 65.7 Å². The Morgan fingerprint density at radius 2 is 1.67 bits per heavy atom. The van der Waals surface area contributed by atoms with Crippen LogP contribution in [0.2, 0.25) is 0 Å². The van der Waals surface area contributed by atoms with E-state index in [0.29, 0.717) is 5.75 Å². The van der Waals surface area contributed by atoms with Gasteiger partial charge in [0.15, 0.2) is 6.61 Å². The van der Waals surface area contributed by atoms with Crippen molar-refractivity contribution in [1.29, 1.82) is 0 Å². The monoisotopic (exact) mass is 327 g/mol. The highest BCUT2D eigenvalue weighted by molar-refractivity contribution is 5.82. The highest BCUT2D eigenvalue weighted by atomic mass is 16.5. The van der Waals surface area contributed by atoms with E-state index in [-0.39, 0.29) is 25.7 Å². The maximum absolute atomic E-state index is 11.7. The Morgan fingerprint density at radius 3 is 2.33 bits per heavy atom. The molecule has 0 unspecified atom stereocenters. The van der Waals surface area contributed by atoms with E-state index in [4.69, 9.17) is 9.47 Å². The van der Waals surface area contributed by atoms with Crippen LogP contribution in [0.1, 0.15) is 18.1 Å². The summed E-state index contributed by atoms with van der Waals surface area (Å²) in [6.07, 6.45) is 0.950. The van der Waals surface area contributed by atoms with Gasteiger partial charge in [0.25, 0.3) is 5.91 Å². The molecule has 0 saturated carbocycles. The predicted octanol–water partition coefficient (Wildman–Crippen LogP) is 2.49. The van der Waals surface area contributed by atoms with Gasteiger partial charge < -0.3 is 14.8 Å². The molecule has 0 aliphatic rings. The fourth-order valence-corrected chi connectivity index (χ4v) is 1.98. The Kier molecular flexibility index (Phi) is 6.83. The van der Waals surface area contributed by atoms with Gasteiger partial charge in [-0.15, -0.1) is 0 Å². The summed E-state index contributed by atoms with van der Waals surface area (Å²) in [5.41, 5.74) is 2.10. The molecule has 1 amide bonds. The van der Waals surface area contributed by atoms with E-state index < -0.39 is 5.97 Å². The quantitative estimate of drug-likeness (QED) is 0.757. The van der Waals surface area contributed by atoms with Crippen LogP contribution in [0.3, 0.4) is 0 Å². The van der Waals surface area contributed by atoms with Gasteiger partial charge in [-0.1, -0.05) is 49.4 Å². The molecule has 5 heteroatoms. The third-order valence-corrected chi connectivity index (χ3v) is 3.37. The highest BCUT2D eigenvalue weighted by Crippen LogP contribution is 2.12. The molecule has 0 fully saturated rings. The first-order chi connectivity index (χ1) is 11.7. The molecule has 24 heavy (non-hydrogen) atoms. The number of hydrogen-bond donors (Lipinski definition) is 1. The van der Waals surface area contributed by atoms with Crippen molar-refractivity contribution in [2.75, 3.05) is 13.2 Å². The van der Waals surface area contributed by atoms with Crippen LogP contribution >= 0.6 is 0 Å². The van der Waals surface area contributed by atoms with Gasteiger partial charge >= 0.3 is 5.97 Å². The number of rotatable bonds is 8. The molecule has 0 saturated heterocycles. The summed E-state index contributed by atoms with van der Waals surface area (Å²) in [5.74, 6) is -0.236. The highest BCUT2D eigenvalue weighted by Gasteiger charge is 2.07. The minimum Gasteiger partial charge on any atom is -0.484 e. The Balaban J connectivity index is 1.64. The number of aryl methyl sites for hydroxylation is 1. The Bertz CT molecular complexity index is 653. The molecule has 1 N–H and O–H groups in total. The smallest absolute Gasteiger partial charge is 0.325 e. The van der Waals surface area contributed by atoms with E-state index in [9.17, 15) is 9.59 Å². The van der Waals surface area contributed by atoms with Crippen LogP contribution in [-0.4, -0.2) is 25.0 Å². The molecule has 5 nitrogen and oxygen atoms in total. The third-order valence-electron chi connectivity index (χ3n) is 3.37. The van der Waals surface area contributed by atoms with E-state index in [2.05, 4.69) is 12.2 Å². The molecular weight excluding hydrogens is 306 g/mol. The van der Waals surface area contributed by atoms with Crippen molar-refractivity contribution in [2.24, 2.45) is 0 Å². The van der Waals surface area contributed by atoms with Crippen LogP contribution in [0.4, 0.5) is 0 Å². The fraction of sp³-hybridized carbons (Fsp3) is 0.263. The molecular formula is C19H21NO4. The SMILES string of the molecule is CCc1ccc(OCC(=O)NCC(=O)OCc2ccccc2)cc1. The Labute approximate surface area is 141 Å². The molecule has 0 aliphatic carbocycles. The molecule has 0 atom stereocenters. The number of benzene rings is 2. The molecule has 2 rings (SSSR count). The number of esters is 1. The largest absolute Gasteiger partial charge is 0.484 e. The summed E-state index contributed by atoms with van der Waals surface area (Å²) in [7, 11) is 0. The zero-order valence-electron chi connectivity index (χ0n) is 13.7. The van der Waals surface area contributed by atoms with Crippen molar-refractivity contribution in [3.63, 3.8) is 0 Å². The van der Waals surface area contributed by atoms with E-state index in [1.807, 2.05) is 54.6 Å². The zero-order chi connectivity index (χ0) is 17.2. The second kappa shape index (κ2) is 9.35. The first-order valence-corrected chi connectivity index (χ1v) is 7.85. The summed E-state index contributed by atoms with van der Waals surface area (Å²) in [4.78, 5) is 23.3. The van der Waals surface area contributed by atoms with Gasteiger partial charge in [0.1, 0.15) is 18.9 Å². The summed E-state index contributed by atoms with van der Waals surface area (Å²) in [6, 6.07) is 16.9. The van der Waals surface area contributed by atoms with Crippen molar-refractivity contribution >= 4 is 11.9 Å². The second-order valence-corrected chi connectivity index (χ2v) is 5.21. The fourth-order valence-electron chi connectivity index (χ4n) is 1.98. The minimum absolute atomic E-state index is 0.141. The van der Waals surface area contributed by atoms with Crippen molar-refractivity contribution in [2.45, 2.75) is 20.0 Å². The van der Waals surface area contributed by atoms with E-state index in [0.717, 1.165) is 12.0 Å². The maximum Gasteiger partial charge on any atom is 0.325 e. The molecule has 0 aromatic heterocycles. The maximum atomic E-state index is 11.7. The van der Waals surface area contributed by atoms with Crippen molar-refractivity contribution in [3.8, 4) is 5.75 Å². The van der Waals surface area contributed by atoms with E-state index >= 15 is 0 Å². The lowest BCUT2D eigenvalue weighted by atomic mass is 10.2. The van der Waals surface area contributed by atoms with E-state index in [1.54, 1.807) is 0 Å². The molecule has 0 heterocycles. The van der Waals surface area contributed by atoms with Gasteiger partial charge in [0.2, 0.25) is 0 Å². The van der Waals surface area contributed by atoms with Gasteiger partial charge in [0.05, 0.1) is 0 Å². The van der Waals surface area contributed by atoms with Crippen LogP contribution in [0, 0.1) is 0 Å². The number of hydrogen-bond acceptors (Lipinski definition) is 4. The van der Waals surface area contributed by atoms with E-state index in [1.165, 1.54) is 5.56 Å². The molecule has 0 radical (unpaired) electrons. The number of ether oxygens (including phenoxy) is 2. The van der Waals surface area contributed by atoms with Crippen molar-refractivity contribution in [1.82, 2.24) is 5.32 Å². The molecule has 2 aromatic carbocycles. The molecule has 0 bridgehead atoms. The lowest BCUT2D eigenvalue weighted by molar-refractivity contribution is -0.145. The number of carbonyl (C=O) groups excluding carboxylic acids is 2. The van der Waals surface area contributed by atoms with Gasteiger partial charge in [-0.05, 0) is 29.7 Å². The predicted molar refractivity (Wildman–Crippen MR) is 90.6 cm³/mol. The average Bonchev–Trinajstić information content (AvgIpc) is 2.64. The van der Waals surface area contributed by atoms with Gasteiger partial charge in [-0.25, -0.2) is 0 Å². The van der Waals surface area contributed by atoms with Crippen LogP contribution in [0.15, 0.2) is 54.6 Å². The molecule has 0 spiro atoms. The number of amides is 1. The minimum atomic E-state index is -0.487. The number of nitrogens with one attached hydrogen (secondary N) is 1. The van der Waals surface area contributed by atoms with Crippen molar-refractivity contribution < 1.29 is 19.1 Å². The van der Waals surface area contributed by atoms with Crippen LogP contribution in [-0.2, 0) is 27.4 Å². The average molecular weight is 327 g/mol. The zero-order valence-corrected chi connectivity index (χ0v) is 13.7. The number of carbonyl (C=O) groups is 2. The van der Waals surface area contributed by atoms with Gasteiger partial charge in [-0.2, -0.15) is 0 Å². The Hall–Kier alpha value is -2.82. The first kappa shape index (κ1) is 17.5. The normalized spacial score (nSPS) is 10.0. The summed E-state index contributed by atoms with van der Waals surface area (Å²) < 4.78 is 10.4. The van der Waals surface area contributed by atoms with Crippen LogP contribution in [0.5, 0.6) is 5.75 Å². The van der Waals surface area contributed by atoms with Crippen LogP contribution < -0.4 is 10.1 Å².